The highest BCUT2D eigenvalue weighted by Crippen LogP contribution is 2.15. The fourth-order valence-corrected chi connectivity index (χ4v) is 2.51. The number of nitrogens with one attached hydrogen (secondary N) is 2. The van der Waals surface area contributed by atoms with Crippen molar-refractivity contribution >= 4 is 10.0 Å². The fraction of sp³-hybridized carbons (Fsp3) is 0.455. The minimum Gasteiger partial charge on any atom is -0.316 e. The molecule has 7 heteroatoms. The molecule has 0 saturated carbocycles. The zero-order valence-corrected chi connectivity index (χ0v) is 11.0. The molecule has 0 aliphatic heterocycles. The minimum absolute atomic E-state index is 0.000926. The van der Waals surface area contributed by atoms with Crippen molar-refractivity contribution in [2.24, 2.45) is 0 Å². The summed E-state index contributed by atoms with van der Waals surface area (Å²) in [5.74, 6) is 0. The third kappa shape index (κ3) is 4.01. The lowest BCUT2D eigenvalue weighted by atomic mass is 10.1. The highest BCUT2D eigenvalue weighted by molar-refractivity contribution is 7.89. The number of halogens is 2. The molecule has 1 rings (SSSR count). The molecule has 0 amide bonds. The summed E-state index contributed by atoms with van der Waals surface area (Å²) in [5.41, 5.74) is 1.76. The van der Waals surface area contributed by atoms with E-state index in [1.165, 1.54) is 12.1 Å². The van der Waals surface area contributed by atoms with Crippen molar-refractivity contribution < 1.29 is 17.2 Å². The molecule has 0 heterocycles. The Kier molecular flexibility index (Phi) is 5.18. The van der Waals surface area contributed by atoms with Crippen molar-refractivity contribution in [3.05, 3.63) is 29.3 Å². The van der Waals surface area contributed by atoms with Gasteiger partial charge in [0, 0.05) is 6.54 Å². The number of benzene rings is 1. The van der Waals surface area contributed by atoms with Crippen molar-refractivity contribution in [3.63, 3.8) is 0 Å². The Labute approximate surface area is 105 Å². The van der Waals surface area contributed by atoms with Crippen LogP contribution in [0.25, 0.3) is 0 Å². The molecule has 0 atom stereocenters. The van der Waals surface area contributed by atoms with Crippen LogP contribution in [0.4, 0.5) is 8.78 Å². The van der Waals surface area contributed by atoms with Gasteiger partial charge in [0.05, 0.1) is 11.4 Å². The largest absolute Gasteiger partial charge is 0.316 e. The van der Waals surface area contributed by atoms with Crippen molar-refractivity contribution in [2.45, 2.75) is 24.8 Å². The minimum atomic E-state index is -3.87. The van der Waals surface area contributed by atoms with E-state index in [0.717, 1.165) is 11.1 Å². The molecule has 0 spiro atoms. The van der Waals surface area contributed by atoms with Gasteiger partial charge in [-0.25, -0.2) is 21.9 Å². The van der Waals surface area contributed by atoms with Gasteiger partial charge in [0.15, 0.2) is 0 Å². The maximum absolute atomic E-state index is 12.0. The van der Waals surface area contributed by atoms with Crippen molar-refractivity contribution in [2.75, 3.05) is 13.6 Å². The summed E-state index contributed by atoms with van der Waals surface area (Å²) >= 11 is 0. The van der Waals surface area contributed by atoms with Gasteiger partial charge in [-0.1, -0.05) is 6.07 Å². The quantitative estimate of drug-likeness (QED) is 0.823. The van der Waals surface area contributed by atoms with Gasteiger partial charge in [0.25, 0.3) is 6.43 Å². The molecular formula is C11H16F2N2O2S. The van der Waals surface area contributed by atoms with E-state index in [9.17, 15) is 17.2 Å². The highest BCUT2D eigenvalue weighted by atomic mass is 32.2. The molecule has 0 aromatic heterocycles. The molecule has 1 aromatic carbocycles. The first-order chi connectivity index (χ1) is 8.36. The van der Waals surface area contributed by atoms with E-state index in [0.29, 0.717) is 6.54 Å². The third-order valence-corrected chi connectivity index (χ3v) is 3.85. The van der Waals surface area contributed by atoms with Crippen LogP contribution in [0.15, 0.2) is 23.1 Å². The second-order valence-corrected chi connectivity index (χ2v) is 5.63. The molecular weight excluding hydrogens is 262 g/mol. The molecule has 102 valence electrons. The third-order valence-electron chi connectivity index (χ3n) is 2.43. The van der Waals surface area contributed by atoms with E-state index >= 15 is 0 Å². The number of hydrogen-bond donors (Lipinski definition) is 2. The second-order valence-electron chi connectivity index (χ2n) is 3.86. The summed E-state index contributed by atoms with van der Waals surface area (Å²) in [6.07, 6.45) is -2.71. The van der Waals surface area contributed by atoms with Crippen LogP contribution >= 0.6 is 0 Å². The number of hydrogen-bond acceptors (Lipinski definition) is 3. The molecule has 0 aliphatic carbocycles. The van der Waals surface area contributed by atoms with Crippen LogP contribution < -0.4 is 10.0 Å². The van der Waals surface area contributed by atoms with Gasteiger partial charge >= 0.3 is 0 Å². The van der Waals surface area contributed by atoms with Crippen LogP contribution in [0.5, 0.6) is 0 Å². The highest BCUT2D eigenvalue weighted by Gasteiger charge is 2.17. The fourth-order valence-electron chi connectivity index (χ4n) is 1.45. The van der Waals surface area contributed by atoms with Crippen LogP contribution in [0.3, 0.4) is 0 Å². The molecule has 4 nitrogen and oxygen atoms in total. The first-order valence-electron chi connectivity index (χ1n) is 5.38. The average Bonchev–Trinajstić information content (AvgIpc) is 2.29. The van der Waals surface area contributed by atoms with Crippen molar-refractivity contribution in [1.29, 1.82) is 0 Å². The molecule has 0 unspecified atom stereocenters. The lowest BCUT2D eigenvalue weighted by Crippen LogP contribution is -2.28. The van der Waals surface area contributed by atoms with E-state index < -0.39 is 23.0 Å². The summed E-state index contributed by atoms with van der Waals surface area (Å²) in [5, 5.41) is 2.92. The van der Waals surface area contributed by atoms with Crippen LogP contribution in [-0.2, 0) is 16.6 Å². The number of aryl methyl sites for hydroxylation is 1. The molecule has 0 saturated heterocycles. The van der Waals surface area contributed by atoms with E-state index in [1.807, 2.05) is 11.6 Å². The molecule has 0 fully saturated rings. The zero-order valence-electron chi connectivity index (χ0n) is 10.2. The normalized spacial score (nSPS) is 12.1. The average molecular weight is 278 g/mol. The Morgan fingerprint density at radius 1 is 1.33 bits per heavy atom. The van der Waals surface area contributed by atoms with Gasteiger partial charge in [-0.05, 0) is 37.2 Å². The summed E-state index contributed by atoms with van der Waals surface area (Å²) in [7, 11) is -2.13. The van der Waals surface area contributed by atoms with Crippen LogP contribution in [0.2, 0.25) is 0 Å². The van der Waals surface area contributed by atoms with E-state index in [2.05, 4.69) is 5.32 Å². The number of sulfonamides is 1. The predicted octanol–water partition coefficient (Wildman–Crippen LogP) is 1.26. The van der Waals surface area contributed by atoms with Gasteiger partial charge < -0.3 is 5.32 Å². The summed E-state index contributed by atoms with van der Waals surface area (Å²) in [4.78, 5) is -0.000926. The first-order valence-corrected chi connectivity index (χ1v) is 6.87. The van der Waals surface area contributed by atoms with Crippen LogP contribution in [0.1, 0.15) is 11.1 Å². The number of rotatable bonds is 6. The Morgan fingerprint density at radius 3 is 2.56 bits per heavy atom. The van der Waals surface area contributed by atoms with Gasteiger partial charge in [0.2, 0.25) is 10.0 Å². The van der Waals surface area contributed by atoms with Crippen molar-refractivity contribution in [3.8, 4) is 0 Å². The molecule has 1 aromatic rings. The zero-order chi connectivity index (χ0) is 13.8. The molecule has 0 radical (unpaired) electrons. The van der Waals surface area contributed by atoms with E-state index in [-0.39, 0.29) is 4.90 Å². The van der Waals surface area contributed by atoms with Gasteiger partial charge in [-0.15, -0.1) is 0 Å². The van der Waals surface area contributed by atoms with Gasteiger partial charge in [0.1, 0.15) is 0 Å². The lowest BCUT2D eigenvalue weighted by molar-refractivity contribution is 0.153. The topological polar surface area (TPSA) is 58.2 Å². The standard InChI is InChI=1S/C11H16F2N2O2S/c1-8-3-4-10(5-9(8)6-14-2)18(16,17)15-7-11(12)13/h3-5,11,14-15H,6-7H2,1-2H3. The molecule has 0 bridgehead atoms. The van der Waals surface area contributed by atoms with Crippen molar-refractivity contribution in [1.82, 2.24) is 10.0 Å². The van der Waals surface area contributed by atoms with Crippen LogP contribution in [-0.4, -0.2) is 28.4 Å². The van der Waals surface area contributed by atoms with Gasteiger partial charge in [-0.2, -0.15) is 0 Å². The maximum Gasteiger partial charge on any atom is 0.251 e. The Bertz CT molecular complexity index is 504. The Morgan fingerprint density at radius 2 is 2.00 bits per heavy atom. The SMILES string of the molecule is CNCc1cc(S(=O)(=O)NCC(F)F)ccc1C. The number of alkyl halides is 2. The van der Waals surface area contributed by atoms with Gasteiger partial charge in [-0.3, -0.25) is 0 Å². The Balaban J connectivity index is 2.98. The molecule has 2 N–H and O–H groups in total. The summed E-state index contributed by atoms with van der Waals surface area (Å²) in [6.45, 7) is 1.50. The summed E-state index contributed by atoms with van der Waals surface area (Å²) in [6, 6.07) is 4.55. The smallest absolute Gasteiger partial charge is 0.251 e. The predicted molar refractivity (Wildman–Crippen MR) is 65.1 cm³/mol. The first kappa shape index (κ1) is 15.0. The molecule has 18 heavy (non-hydrogen) atoms. The second kappa shape index (κ2) is 6.21. The summed E-state index contributed by atoms with van der Waals surface area (Å²) < 4.78 is 49.4. The molecule has 0 aliphatic rings. The van der Waals surface area contributed by atoms with E-state index in [4.69, 9.17) is 0 Å². The van der Waals surface area contributed by atoms with E-state index in [1.54, 1.807) is 13.1 Å². The van der Waals surface area contributed by atoms with Crippen LogP contribution in [0, 0.1) is 6.92 Å². The monoisotopic (exact) mass is 278 g/mol. The lowest BCUT2D eigenvalue weighted by Gasteiger charge is -2.10. The maximum atomic E-state index is 12.0. The Hall–Kier alpha value is -1.05.